The van der Waals surface area contributed by atoms with Crippen molar-refractivity contribution in [3.8, 4) is 5.75 Å². The smallest absolute Gasteiger partial charge is 0.144 e. The van der Waals surface area contributed by atoms with E-state index in [1.165, 1.54) is 5.56 Å². The first-order valence-electron chi connectivity index (χ1n) is 7.12. The zero-order chi connectivity index (χ0) is 16.2. The molecule has 4 heteroatoms. The third kappa shape index (κ3) is 3.42. The SMILES string of the molecule is COc1ccc(C(C)(C)c2ccccc2)cc1N=C(N)CCl. The molecule has 0 bridgehead atoms. The normalized spacial score (nSPS) is 12.3. The van der Waals surface area contributed by atoms with Gasteiger partial charge in [0.15, 0.2) is 0 Å². The molecule has 0 aliphatic heterocycles. The zero-order valence-electron chi connectivity index (χ0n) is 13.1. The first kappa shape index (κ1) is 16.4. The van der Waals surface area contributed by atoms with Crippen molar-refractivity contribution in [1.29, 1.82) is 0 Å². The van der Waals surface area contributed by atoms with Gasteiger partial charge in [0.05, 0.1) is 13.0 Å². The van der Waals surface area contributed by atoms with E-state index in [0.29, 0.717) is 17.3 Å². The summed E-state index contributed by atoms with van der Waals surface area (Å²) in [6, 6.07) is 16.3. The highest BCUT2D eigenvalue weighted by Crippen LogP contribution is 2.37. The largest absolute Gasteiger partial charge is 0.494 e. The van der Waals surface area contributed by atoms with E-state index in [-0.39, 0.29) is 11.3 Å². The van der Waals surface area contributed by atoms with Gasteiger partial charge in [0.2, 0.25) is 0 Å². The molecule has 22 heavy (non-hydrogen) atoms. The molecule has 0 unspecified atom stereocenters. The summed E-state index contributed by atoms with van der Waals surface area (Å²) in [7, 11) is 1.62. The van der Waals surface area contributed by atoms with Gasteiger partial charge in [-0.1, -0.05) is 50.2 Å². The fourth-order valence-electron chi connectivity index (χ4n) is 2.37. The summed E-state index contributed by atoms with van der Waals surface area (Å²) in [5, 5.41) is 0. The van der Waals surface area contributed by atoms with Crippen LogP contribution >= 0.6 is 11.6 Å². The van der Waals surface area contributed by atoms with Crippen LogP contribution in [-0.2, 0) is 5.41 Å². The van der Waals surface area contributed by atoms with Gasteiger partial charge in [-0.2, -0.15) is 0 Å². The zero-order valence-corrected chi connectivity index (χ0v) is 13.9. The molecule has 2 aromatic carbocycles. The molecule has 2 N–H and O–H groups in total. The van der Waals surface area contributed by atoms with E-state index in [1.807, 2.05) is 30.3 Å². The molecule has 0 radical (unpaired) electrons. The molecule has 0 aliphatic carbocycles. The minimum atomic E-state index is -0.145. The Bertz CT molecular complexity index is 666. The number of benzene rings is 2. The van der Waals surface area contributed by atoms with Crippen LogP contribution in [0.2, 0.25) is 0 Å². The molecule has 0 heterocycles. The van der Waals surface area contributed by atoms with Crippen molar-refractivity contribution in [3.05, 3.63) is 59.7 Å². The van der Waals surface area contributed by atoms with Crippen molar-refractivity contribution >= 4 is 23.1 Å². The van der Waals surface area contributed by atoms with Crippen LogP contribution in [0.5, 0.6) is 5.75 Å². The van der Waals surface area contributed by atoms with E-state index in [0.717, 1.165) is 5.56 Å². The Morgan fingerprint density at radius 2 is 1.82 bits per heavy atom. The second kappa shape index (κ2) is 6.84. The summed E-state index contributed by atoms with van der Waals surface area (Å²) in [5.41, 5.74) is 8.69. The maximum atomic E-state index is 5.76. The molecule has 0 aromatic heterocycles. The highest BCUT2D eigenvalue weighted by Gasteiger charge is 2.24. The fourth-order valence-corrected chi connectivity index (χ4v) is 2.43. The molecule has 116 valence electrons. The maximum Gasteiger partial charge on any atom is 0.144 e. The molecular weight excluding hydrogens is 296 g/mol. The monoisotopic (exact) mass is 316 g/mol. The van der Waals surface area contributed by atoms with Gasteiger partial charge < -0.3 is 10.5 Å². The van der Waals surface area contributed by atoms with Crippen LogP contribution in [-0.4, -0.2) is 18.8 Å². The number of hydrogen-bond acceptors (Lipinski definition) is 2. The second-order valence-corrected chi connectivity index (χ2v) is 5.88. The summed E-state index contributed by atoms with van der Waals surface area (Å²) in [6.45, 7) is 4.37. The van der Waals surface area contributed by atoms with Crippen LogP contribution in [0.25, 0.3) is 0 Å². The topological polar surface area (TPSA) is 47.6 Å². The molecule has 0 amide bonds. The average molecular weight is 317 g/mol. The summed E-state index contributed by atoms with van der Waals surface area (Å²) < 4.78 is 5.36. The second-order valence-electron chi connectivity index (χ2n) is 5.61. The lowest BCUT2D eigenvalue weighted by Crippen LogP contribution is -2.18. The Kier molecular flexibility index (Phi) is 5.09. The molecule has 0 spiro atoms. The summed E-state index contributed by atoms with van der Waals surface area (Å²) in [6.07, 6.45) is 0. The van der Waals surface area contributed by atoms with Crippen LogP contribution in [0, 0.1) is 0 Å². The molecule has 0 saturated carbocycles. The predicted molar refractivity (Wildman–Crippen MR) is 93.6 cm³/mol. The lowest BCUT2D eigenvalue weighted by molar-refractivity contribution is 0.415. The van der Waals surface area contributed by atoms with Crippen LogP contribution < -0.4 is 10.5 Å². The number of halogens is 1. The van der Waals surface area contributed by atoms with Crippen molar-refractivity contribution in [3.63, 3.8) is 0 Å². The van der Waals surface area contributed by atoms with Gasteiger partial charge >= 0.3 is 0 Å². The van der Waals surface area contributed by atoms with Gasteiger partial charge in [0, 0.05) is 5.41 Å². The number of hydrogen-bond donors (Lipinski definition) is 1. The van der Waals surface area contributed by atoms with Crippen molar-refractivity contribution in [1.82, 2.24) is 0 Å². The number of ether oxygens (including phenoxy) is 1. The van der Waals surface area contributed by atoms with Gasteiger partial charge in [-0.15, -0.1) is 11.6 Å². The number of aliphatic imine (C=N–C) groups is 1. The Hall–Kier alpha value is -2.00. The van der Waals surface area contributed by atoms with E-state index in [4.69, 9.17) is 22.1 Å². The van der Waals surface area contributed by atoms with E-state index in [1.54, 1.807) is 7.11 Å². The van der Waals surface area contributed by atoms with Crippen molar-refractivity contribution in [2.45, 2.75) is 19.3 Å². The van der Waals surface area contributed by atoms with Gasteiger partial charge in [-0.3, -0.25) is 0 Å². The number of methoxy groups -OCH3 is 1. The first-order valence-corrected chi connectivity index (χ1v) is 7.65. The molecule has 3 nitrogen and oxygen atoms in total. The molecule has 0 aliphatic rings. The van der Waals surface area contributed by atoms with Crippen molar-refractivity contribution < 1.29 is 4.74 Å². The lowest BCUT2D eigenvalue weighted by Gasteiger charge is -2.26. The van der Waals surface area contributed by atoms with Crippen molar-refractivity contribution in [2.75, 3.05) is 13.0 Å². The lowest BCUT2D eigenvalue weighted by atomic mass is 9.78. The quantitative estimate of drug-likeness (QED) is 0.509. The molecule has 2 rings (SSSR count). The summed E-state index contributed by atoms with van der Waals surface area (Å²) >= 11 is 5.73. The van der Waals surface area contributed by atoms with Crippen LogP contribution in [0.3, 0.4) is 0 Å². The Morgan fingerprint density at radius 1 is 1.14 bits per heavy atom. The minimum Gasteiger partial charge on any atom is -0.494 e. The Labute approximate surface area is 136 Å². The van der Waals surface area contributed by atoms with Gasteiger partial charge in [0.25, 0.3) is 0 Å². The molecule has 0 fully saturated rings. The first-order chi connectivity index (χ1) is 10.5. The predicted octanol–water partition coefficient (Wildman–Crippen LogP) is 4.25. The molecule has 0 saturated heterocycles. The van der Waals surface area contributed by atoms with Crippen LogP contribution in [0.1, 0.15) is 25.0 Å². The Morgan fingerprint density at radius 3 is 2.41 bits per heavy atom. The third-order valence-corrected chi connectivity index (χ3v) is 4.07. The van der Waals surface area contributed by atoms with Crippen molar-refractivity contribution in [2.24, 2.45) is 10.7 Å². The fraction of sp³-hybridized carbons (Fsp3) is 0.278. The number of nitrogens with two attached hydrogens (primary N) is 1. The molecule has 2 aromatic rings. The Balaban J connectivity index is 2.51. The summed E-state index contributed by atoms with van der Waals surface area (Å²) in [5.74, 6) is 1.24. The highest BCUT2D eigenvalue weighted by molar-refractivity contribution is 6.28. The number of nitrogens with zero attached hydrogens (tertiary/aromatic N) is 1. The molecule has 0 atom stereocenters. The summed E-state index contributed by atoms with van der Waals surface area (Å²) in [4.78, 5) is 4.35. The maximum absolute atomic E-state index is 5.76. The molecular formula is C18H21ClN2O. The number of rotatable bonds is 5. The number of alkyl halides is 1. The van der Waals surface area contributed by atoms with E-state index in [2.05, 4.69) is 37.0 Å². The standard InChI is InChI=1S/C18H21ClN2O/c1-18(2,13-7-5-4-6-8-13)14-9-10-16(22-3)15(11-14)21-17(20)12-19/h4-11H,12H2,1-3H3,(H2,20,21). The third-order valence-electron chi connectivity index (χ3n) is 3.80. The van der Waals surface area contributed by atoms with Crippen LogP contribution in [0.4, 0.5) is 5.69 Å². The number of amidine groups is 1. The van der Waals surface area contributed by atoms with Gasteiger partial charge in [-0.25, -0.2) is 4.99 Å². The minimum absolute atomic E-state index is 0.145. The average Bonchev–Trinajstić information content (AvgIpc) is 2.55. The van der Waals surface area contributed by atoms with Gasteiger partial charge in [-0.05, 0) is 23.3 Å². The highest BCUT2D eigenvalue weighted by atomic mass is 35.5. The van der Waals surface area contributed by atoms with Gasteiger partial charge in [0.1, 0.15) is 17.3 Å². The van der Waals surface area contributed by atoms with Crippen LogP contribution in [0.15, 0.2) is 53.5 Å². The van der Waals surface area contributed by atoms with E-state index >= 15 is 0 Å². The van der Waals surface area contributed by atoms with E-state index < -0.39 is 0 Å². The van der Waals surface area contributed by atoms with E-state index in [9.17, 15) is 0 Å².